The number of ether oxygens (including phenoxy) is 1. The molecule has 0 fully saturated rings. The van der Waals surface area contributed by atoms with Gasteiger partial charge in [0.25, 0.3) is 0 Å². The molecule has 1 aromatic carbocycles. The summed E-state index contributed by atoms with van der Waals surface area (Å²) < 4.78 is 4.96. The van der Waals surface area contributed by atoms with Crippen molar-refractivity contribution in [3.63, 3.8) is 0 Å². The van der Waals surface area contributed by atoms with Crippen LogP contribution in [0.25, 0.3) is 0 Å². The molecule has 66 valence electrons. The van der Waals surface area contributed by atoms with E-state index in [-0.39, 0.29) is 0 Å². The molecule has 0 amide bonds. The third-order valence-electron chi connectivity index (χ3n) is 1.82. The first-order valence-electron chi connectivity index (χ1n) is 3.93. The molecule has 0 bridgehead atoms. The van der Waals surface area contributed by atoms with Crippen LogP contribution >= 0.6 is 0 Å². The van der Waals surface area contributed by atoms with Crippen LogP contribution in [0.15, 0.2) is 12.1 Å². The minimum absolute atomic E-state index is 0.349. The van der Waals surface area contributed by atoms with E-state index in [2.05, 4.69) is 0 Å². The van der Waals surface area contributed by atoms with Gasteiger partial charge in [-0.05, 0) is 19.4 Å². The standard InChI is InChI=1S/C10H14O2/c1-7-4-8(2)10(11)9(5-7)6-12-3/h4-5,11H,6H2,1-3H3. The van der Waals surface area contributed by atoms with Crippen LogP contribution in [0.5, 0.6) is 5.75 Å². The number of phenolic OH excluding ortho intramolecular Hbond substituents is 1. The van der Waals surface area contributed by atoms with E-state index >= 15 is 0 Å². The highest BCUT2D eigenvalue weighted by Gasteiger charge is 2.04. The lowest BCUT2D eigenvalue weighted by atomic mass is 10.1. The van der Waals surface area contributed by atoms with Gasteiger partial charge < -0.3 is 9.84 Å². The summed E-state index contributed by atoms with van der Waals surface area (Å²) in [5.74, 6) is 0.349. The fourth-order valence-corrected chi connectivity index (χ4v) is 1.31. The number of hydrogen-bond acceptors (Lipinski definition) is 2. The molecule has 12 heavy (non-hydrogen) atoms. The zero-order valence-electron chi connectivity index (χ0n) is 7.72. The molecular weight excluding hydrogens is 152 g/mol. The smallest absolute Gasteiger partial charge is 0.124 e. The molecular formula is C10H14O2. The number of benzene rings is 1. The molecule has 1 aromatic rings. The number of aromatic hydroxyl groups is 1. The monoisotopic (exact) mass is 166 g/mol. The predicted octanol–water partition coefficient (Wildman–Crippen LogP) is 2.16. The van der Waals surface area contributed by atoms with E-state index in [0.29, 0.717) is 12.4 Å². The summed E-state index contributed by atoms with van der Waals surface area (Å²) in [5.41, 5.74) is 2.91. The molecule has 0 saturated carbocycles. The van der Waals surface area contributed by atoms with Gasteiger partial charge in [-0.1, -0.05) is 17.7 Å². The first kappa shape index (κ1) is 9.07. The van der Waals surface area contributed by atoms with E-state index in [0.717, 1.165) is 16.7 Å². The van der Waals surface area contributed by atoms with E-state index < -0.39 is 0 Å². The fourth-order valence-electron chi connectivity index (χ4n) is 1.31. The van der Waals surface area contributed by atoms with E-state index in [1.54, 1.807) is 7.11 Å². The second kappa shape index (κ2) is 3.59. The first-order valence-corrected chi connectivity index (χ1v) is 3.93. The summed E-state index contributed by atoms with van der Waals surface area (Å²) in [5, 5.41) is 9.57. The van der Waals surface area contributed by atoms with Gasteiger partial charge in [0, 0.05) is 12.7 Å². The summed E-state index contributed by atoms with van der Waals surface area (Å²) in [6.07, 6.45) is 0. The van der Waals surface area contributed by atoms with Gasteiger partial charge in [-0.2, -0.15) is 0 Å². The van der Waals surface area contributed by atoms with Crippen molar-refractivity contribution >= 4 is 0 Å². The van der Waals surface area contributed by atoms with E-state index in [9.17, 15) is 5.11 Å². The molecule has 0 atom stereocenters. The van der Waals surface area contributed by atoms with Crippen molar-refractivity contribution in [2.45, 2.75) is 20.5 Å². The fraction of sp³-hybridized carbons (Fsp3) is 0.400. The van der Waals surface area contributed by atoms with Gasteiger partial charge in [-0.3, -0.25) is 0 Å². The second-order valence-corrected chi connectivity index (χ2v) is 3.02. The molecule has 0 aliphatic rings. The third kappa shape index (κ3) is 1.77. The van der Waals surface area contributed by atoms with Gasteiger partial charge >= 0.3 is 0 Å². The lowest BCUT2D eigenvalue weighted by Gasteiger charge is -2.07. The van der Waals surface area contributed by atoms with Crippen LogP contribution in [0.2, 0.25) is 0 Å². The molecule has 1 rings (SSSR count). The molecule has 2 nitrogen and oxygen atoms in total. The molecule has 0 heterocycles. The van der Waals surface area contributed by atoms with Crippen LogP contribution in [0.4, 0.5) is 0 Å². The Hall–Kier alpha value is -1.02. The largest absolute Gasteiger partial charge is 0.507 e. The van der Waals surface area contributed by atoms with Gasteiger partial charge in [0.2, 0.25) is 0 Å². The maximum Gasteiger partial charge on any atom is 0.124 e. The average Bonchev–Trinajstić information content (AvgIpc) is 2.00. The minimum Gasteiger partial charge on any atom is -0.507 e. The van der Waals surface area contributed by atoms with Crippen molar-refractivity contribution in [1.82, 2.24) is 0 Å². The van der Waals surface area contributed by atoms with E-state index in [1.165, 1.54) is 0 Å². The highest BCUT2D eigenvalue weighted by molar-refractivity contribution is 5.42. The molecule has 0 radical (unpaired) electrons. The Labute approximate surface area is 72.8 Å². The Morgan fingerprint density at radius 1 is 1.33 bits per heavy atom. The number of aryl methyl sites for hydroxylation is 2. The number of rotatable bonds is 2. The molecule has 0 aromatic heterocycles. The van der Waals surface area contributed by atoms with Crippen LogP contribution < -0.4 is 0 Å². The van der Waals surface area contributed by atoms with Crippen LogP contribution in [-0.4, -0.2) is 12.2 Å². The van der Waals surface area contributed by atoms with Crippen molar-refractivity contribution < 1.29 is 9.84 Å². The van der Waals surface area contributed by atoms with Crippen molar-refractivity contribution in [3.8, 4) is 5.75 Å². The molecule has 0 unspecified atom stereocenters. The van der Waals surface area contributed by atoms with Gasteiger partial charge in [0.15, 0.2) is 0 Å². The average molecular weight is 166 g/mol. The van der Waals surface area contributed by atoms with Crippen molar-refractivity contribution in [2.75, 3.05) is 7.11 Å². The van der Waals surface area contributed by atoms with Crippen LogP contribution in [0.3, 0.4) is 0 Å². The first-order chi connectivity index (χ1) is 5.65. The normalized spacial score (nSPS) is 10.2. The Bertz CT molecular complexity index is 279. The Balaban J connectivity index is 3.09. The topological polar surface area (TPSA) is 29.5 Å². The quantitative estimate of drug-likeness (QED) is 0.729. The molecule has 0 aliphatic carbocycles. The Morgan fingerprint density at radius 2 is 2.00 bits per heavy atom. The SMILES string of the molecule is COCc1cc(C)cc(C)c1O. The summed E-state index contributed by atoms with van der Waals surface area (Å²) >= 11 is 0. The maximum atomic E-state index is 9.57. The molecule has 1 N–H and O–H groups in total. The minimum atomic E-state index is 0.349. The van der Waals surface area contributed by atoms with Crippen LogP contribution in [-0.2, 0) is 11.3 Å². The Morgan fingerprint density at radius 3 is 2.58 bits per heavy atom. The van der Waals surface area contributed by atoms with Crippen molar-refractivity contribution in [1.29, 1.82) is 0 Å². The highest BCUT2D eigenvalue weighted by atomic mass is 16.5. The van der Waals surface area contributed by atoms with Gasteiger partial charge in [-0.25, -0.2) is 0 Å². The lowest BCUT2D eigenvalue weighted by molar-refractivity contribution is 0.182. The van der Waals surface area contributed by atoms with Gasteiger partial charge in [0.05, 0.1) is 6.61 Å². The van der Waals surface area contributed by atoms with Crippen LogP contribution in [0, 0.1) is 13.8 Å². The second-order valence-electron chi connectivity index (χ2n) is 3.02. The molecule has 0 saturated heterocycles. The lowest BCUT2D eigenvalue weighted by Crippen LogP contribution is -1.91. The van der Waals surface area contributed by atoms with Crippen molar-refractivity contribution in [2.24, 2.45) is 0 Å². The Kier molecular flexibility index (Phi) is 2.71. The number of hydrogen-bond donors (Lipinski definition) is 1. The number of phenols is 1. The highest BCUT2D eigenvalue weighted by Crippen LogP contribution is 2.23. The third-order valence-corrected chi connectivity index (χ3v) is 1.82. The van der Waals surface area contributed by atoms with Gasteiger partial charge in [0.1, 0.15) is 5.75 Å². The summed E-state index contributed by atoms with van der Waals surface area (Å²) in [6, 6.07) is 3.89. The predicted molar refractivity (Wildman–Crippen MR) is 48.3 cm³/mol. The zero-order chi connectivity index (χ0) is 9.14. The van der Waals surface area contributed by atoms with Gasteiger partial charge in [-0.15, -0.1) is 0 Å². The summed E-state index contributed by atoms with van der Waals surface area (Å²) in [6.45, 7) is 4.36. The molecule has 0 aliphatic heterocycles. The zero-order valence-corrected chi connectivity index (χ0v) is 7.72. The van der Waals surface area contributed by atoms with E-state index in [4.69, 9.17) is 4.74 Å². The van der Waals surface area contributed by atoms with Crippen molar-refractivity contribution in [3.05, 3.63) is 28.8 Å². The number of methoxy groups -OCH3 is 1. The maximum absolute atomic E-state index is 9.57. The summed E-state index contributed by atoms with van der Waals surface area (Å²) in [4.78, 5) is 0. The van der Waals surface area contributed by atoms with E-state index in [1.807, 2.05) is 26.0 Å². The van der Waals surface area contributed by atoms with Crippen LogP contribution in [0.1, 0.15) is 16.7 Å². The molecule has 0 spiro atoms. The summed E-state index contributed by atoms with van der Waals surface area (Å²) in [7, 11) is 1.62. The molecule has 2 heteroatoms.